The molecule has 1 aliphatic heterocycles. The Balaban J connectivity index is 2.02. The summed E-state index contributed by atoms with van der Waals surface area (Å²) in [6.07, 6.45) is 0.852. The lowest BCUT2D eigenvalue weighted by atomic mass is 10.2. The highest BCUT2D eigenvalue weighted by Crippen LogP contribution is 2.25. The maximum Gasteiger partial charge on any atom is 0.318 e. The quantitative estimate of drug-likeness (QED) is 0.837. The maximum absolute atomic E-state index is 11.8. The second-order valence-corrected chi connectivity index (χ2v) is 5.08. The summed E-state index contributed by atoms with van der Waals surface area (Å²) >= 11 is 1.68. The van der Waals surface area contributed by atoms with Crippen LogP contribution < -0.4 is 11.1 Å². The van der Waals surface area contributed by atoms with Crippen LogP contribution in [0.2, 0.25) is 0 Å². The Hall–Kier alpha value is -1.07. The highest BCUT2D eigenvalue weighted by Gasteiger charge is 2.32. The van der Waals surface area contributed by atoms with Crippen molar-refractivity contribution in [2.24, 2.45) is 5.73 Å². The Bertz CT molecular complexity index is 352. The van der Waals surface area contributed by atoms with Gasteiger partial charge in [-0.15, -0.1) is 11.3 Å². The van der Waals surface area contributed by atoms with Crippen LogP contribution in [0.1, 0.15) is 24.3 Å². The molecule has 0 spiro atoms. The molecule has 3 N–H and O–H groups in total. The minimum atomic E-state index is 0.0272. The molecule has 0 aliphatic carbocycles. The molecule has 1 aromatic rings. The van der Waals surface area contributed by atoms with Crippen LogP contribution in [-0.2, 0) is 0 Å². The summed E-state index contributed by atoms with van der Waals surface area (Å²) in [5.74, 6) is 0. The second-order valence-electron chi connectivity index (χ2n) is 4.10. The van der Waals surface area contributed by atoms with Gasteiger partial charge in [0.15, 0.2) is 0 Å². The Morgan fingerprint density at radius 2 is 2.56 bits per heavy atom. The summed E-state index contributed by atoms with van der Waals surface area (Å²) in [6.45, 7) is 3.42. The molecule has 1 aliphatic rings. The van der Waals surface area contributed by atoms with Gasteiger partial charge in [-0.1, -0.05) is 6.07 Å². The van der Waals surface area contributed by atoms with Crippen LogP contribution in [0.3, 0.4) is 0 Å². The van der Waals surface area contributed by atoms with Crippen molar-refractivity contribution in [2.75, 3.05) is 13.1 Å². The summed E-state index contributed by atoms with van der Waals surface area (Å²) in [7, 11) is 0. The molecule has 2 heterocycles. The second kappa shape index (κ2) is 4.84. The van der Waals surface area contributed by atoms with Crippen molar-refractivity contribution in [3.8, 4) is 0 Å². The molecule has 1 fully saturated rings. The zero-order valence-corrected chi connectivity index (χ0v) is 10.2. The van der Waals surface area contributed by atoms with E-state index in [0.29, 0.717) is 6.54 Å². The van der Waals surface area contributed by atoms with Gasteiger partial charge >= 0.3 is 6.03 Å². The third-order valence-electron chi connectivity index (χ3n) is 2.94. The molecule has 88 valence electrons. The van der Waals surface area contributed by atoms with Gasteiger partial charge in [0.05, 0.1) is 6.04 Å². The first-order chi connectivity index (χ1) is 7.72. The highest BCUT2D eigenvalue weighted by atomic mass is 32.1. The number of hydrogen-bond acceptors (Lipinski definition) is 3. The van der Waals surface area contributed by atoms with E-state index in [0.717, 1.165) is 13.0 Å². The molecule has 1 saturated heterocycles. The minimum Gasteiger partial charge on any atom is -0.330 e. The summed E-state index contributed by atoms with van der Waals surface area (Å²) in [6, 6.07) is 4.47. The van der Waals surface area contributed by atoms with Crippen LogP contribution in [0.15, 0.2) is 17.5 Å². The standard InChI is InChI=1S/C11H17N3OS/c1-8(4-5-12)14-7-9(13-11(14)15)10-3-2-6-16-10/h2-3,6,8-9H,4-5,7,12H2,1H3,(H,13,15). The summed E-state index contributed by atoms with van der Waals surface area (Å²) in [5, 5.41) is 5.04. The van der Waals surface area contributed by atoms with Crippen LogP contribution in [0.4, 0.5) is 4.79 Å². The number of carbonyl (C=O) groups excluding carboxylic acids is 1. The number of urea groups is 1. The van der Waals surface area contributed by atoms with Gasteiger partial charge in [0.1, 0.15) is 0 Å². The first-order valence-electron chi connectivity index (χ1n) is 5.53. The van der Waals surface area contributed by atoms with Crippen molar-refractivity contribution in [3.63, 3.8) is 0 Å². The Kier molecular flexibility index (Phi) is 3.46. The highest BCUT2D eigenvalue weighted by molar-refractivity contribution is 7.10. The van der Waals surface area contributed by atoms with E-state index in [1.807, 2.05) is 23.3 Å². The Morgan fingerprint density at radius 1 is 1.75 bits per heavy atom. The molecular weight excluding hydrogens is 222 g/mol. The van der Waals surface area contributed by atoms with Crippen molar-refractivity contribution in [2.45, 2.75) is 25.4 Å². The monoisotopic (exact) mass is 239 g/mol. The number of hydrogen-bond donors (Lipinski definition) is 2. The number of amides is 2. The molecule has 2 amide bonds. The van der Waals surface area contributed by atoms with Gasteiger partial charge in [-0.2, -0.15) is 0 Å². The maximum atomic E-state index is 11.8. The lowest BCUT2D eigenvalue weighted by Gasteiger charge is -2.22. The minimum absolute atomic E-state index is 0.0272. The Labute approximate surface area is 99.4 Å². The van der Waals surface area contributed by atoms with E-state index >= 15 is 0 Å². The molecule has 2 atom stereocenters. The molecule has 0 aromatic carbocycles. The van der Waals surface area contributed by atoms with Gasteiger partial charge in [-0.3, -0.25) is 0 Å². The summed E-state index contributed by atoms with van der Waals surface area (Å²) in [5.41, 5.74) is 5.52. The van der Waals surface area contributed by atoms with Crippen molar-refractivity contribution >= 4 is 17.4 Å². The first-order valence-corrected chi connectivity index (χ1v) is 6.41. The zero-order chi connectivity index (χ0) is 11.5. The summed E-state index contributed by atoms with van der Waals surface area (Å²) in [4.78, 5) is 14.9. The van der Waals surface area contributed by atoms with Crippen LogP contribution in [0.25, 0.3) is 0 Å². The lowest BCUT2D eigenvalue weighted by Crippen LogP contribution is -2.37. The number of nitrogens with two attached hydrogens (primary N) is 1. The smallest absolute Gasteiger partial charge is 0.318 e. The molecule has 0 bridgehead atoms. The average Bonchev–Trinajstić information content (AvgIpc) is 2.86. The van der Waals surface area contributed by atoms with Crippen molar-refractivity contribution < 1.29 is 4.79 Å². The zero-order valence-electron chi connectivity index (χ0n) is 9.35. The molecule has 16 heavy (non-hydrogen) atoms. The average molecular weight is 239 g/mol. The lowest BCUT2D eigenvalue weighted by molar-refractivity contribution is 0.199. The van der Waals surface area contributed by atoms with Gasteiger partial charge in [-0.25, -0.2) is 4.79 Å². The van der Waals surface area contributed by atoms with E-state index in [1.54, 1.807) is 11.3 Å². The molecule has 2 unspecified atom stereocenters. The van der Waals surface area contributed by atoms with E-state index in [9.17, 15) is 4.79 Å². The molecule has 5 heteroatoms. The predicted molar refractivity (Wildman–Crippen MR) is 65.4 cm³/mol. The molecular formula is C11H17N3OS. The van der Waals surface area contributed by atoms with Crippen LogP contribution >= 0.6 is 11.3 Å². The van der Waals surface area contributed by atoms with Crippen molar-refractivity contribution in [3.05, 3.63) is 22.4 Å². The van der Waals surface area contributed by atoms with Crippen LogP contribution in [-0.4, -0.2) is 30.1 Å². The number of nitrogens with zero attached hydrogens (tertiary/aromatic N) is 1. The number of rotatable bonds is 4. The van der Waals surface area contributed by atoms with Gasteiger partial charge in [0, 0.05) is 17.5 Å². The number of carbonyl (C=O) groups is 1. The number of thiophene rings is 1. The largest absolute Gasteiger partial charge is 0.330 e. The van der Waals surface area contributed by atoms with E-state index in [4.69, 9.17) is 5.73 Å². The van der Waals surface area contributed by atoms with E-state index in [-0.39, 0.29) is 18.1 Å². The van der Waals surface area contributed by atoms with Crippen molar-refractivity contribution in [1.29, 1.82) is 0 Å². The van der Waals surface area contributed by atoms with E-state index in [1.165, 1.54) is 4.88 Å². The molecule has 0 radical (unpaired) electrons. The van der Waals surface area contributed by atoms with Gasteiger partial charge in [-0.05, 0) is 31.3 Å². The number of nitrogens with one attached hydrogen (secondary N) is 1. The SMILES string of the molecule is CC(CCN)N1CC(c2cccs2)NC1=O. The first kappa shape index (κ1) is 11.4. The molecule has 0 saturated carbocycles. The fraction of sp³-hybridized carbons (Fsp3) is 0.545. The normalized spacial score (nSPS) is 22.2. The molecule has 1 aromatic heterocycles. The van der Waals surface area contributed by atoms with Gasteiger partial charge < -0.3 is 16.0 Å². The third kappa shape index (κ3) is 2.20. The third-order valence-corrected chi connectivity index (χ3v) is 3.93. The van der Waals surface area contributed by atoms with Crippen LogP contribution in [0.5, 0.6) is 0 Å². The van der Waals surface area contributed by atoms with E-state index < -0.39 is 0 Å². The van der Waals surface area contributed by atoms with Gasteiger partial charge in [0.2, 0.25) is 0 Å². The van der Waals surface area contributed by atoms with Crippen molar-refractivity contribution in [1.82, 2.24) is 10.2 Å². The van der Waals surface area contributed by atoms with E-state index in [2.05, 4.69) is 11.4 Å². The predicted octanol–water partition coefficient (Wildman–Crippen LogP) is 1.55. The molecule has 4 nitrogen and oxygen atoms in total. The fourth-order valence-electron chi connectivity index (χ4n) is 1.99. The molecule has 2 rings (SSSR count). The van der Waals surface area contributed by atoms with Gasteiger partial charge in [0.25, 0.3) is 0 Å². The topological polar surface area (TPSA) is 58.4 Å². The fourth-order valence-corrected chi connectivity index (χ4v) is 2.75. The Morgan fingerprint density at radius 3 is 3.19 bits per heavy atom. The summed E-state index contributed by atoms with van der Waals surface area (Å²) < 4.78 is 0. The van der Waals surface area contributed by atoms with Crippen LogP contribution in [0, 0.1) is 0 Å².